The van der Waals surface area contributed by atoms with Crippen LogP contribution in [0, 0.1) is 0 Å². The maximum atomic E-state index is 6.03. The first-order chi connectivity index (χ1) is 7.76. The summed E-state index contributed by atoms with van der Waals surface area (Å²) in [4.78, 5) is 0. The van der Waals surface area contributed by atoms with Crippen molar-refractivity contribution in [2.75, 3.05) is 6.54 Å². The standard InChI is InChI=1S/C13H17ClN2/c1-2-3-10-9-16(7-6-15)13-8-11(14)4-5-12(10)13/h4-5,8-9H,2-3,6-7,15H2,1H3. The van der Waals surface area contributed by atoms with E-state index in [4.69, 9.17) is 17.3 Å². The Bertz CT molecular complexity index is 488. The summed E-state index contributed by atoms with van der Waals surface area (Å²) in [5, 5.41) is 2.09. The Labute approximate surface area is 101 Å². The van der Waals surface area contributed by atoms with Gasteiger partial charge in [0.05, 0.1) is 0 Å². The van der Waals surface area contributed by atoms with E-state index in [9.17, 15) is 0 Å². The SMILES string of the molecule is CCCc1cn(CCN)c2cc(Cl)ccc12. The molecule has 0 amide bonds. The topological polar surface area (TPSA) is 30.9 Å². The molecule has 2 aromatic rings. The number of benzene rings is 1. The van der Waals surface area contributed by atoms with Crippen molar-refractivity contribution in [3.8, 4) is 0 Å². The van der Waals surface area contributed by atoms with Crippen molar-refractivity contribution in [2.24, 2.45) is 5.73 Å². The van der Waals surface area contributed by atoms with E-state index in [-0.39, 0.29) is 0 Å². The maximum Gasteiger partial charge on any atom is 0.0498 e. The van der Waals surface area contributed by atoms with Crippen molar-refractivity contribution in [1.29, 1.82) is 0 Å². The van der Waals surface area contributed by atoms with Crippen LogP contribution in [-0.4, -0.2) is 11.1 Å². The van der Waals surface area contributed by atoms with E-state index < -0.39 is 0 Å². The largest absolute Gasteiger partial charge is 0.346 e. The van der Waals surface area contributed by atoms with Gasteiger partial charge in [0.15, 0.2) is 0 Å². The second-order valence-electron chi connectivity index (χ2n) is 4.05. The highest BCUT2D eigenvalue weighted by molar-refractivity contribution is 6.31. The molecule has 16 heavy (non-hydrogen) atoms. The minimum Gasteiger partial charge on any atom is -0.346 e. The molecule has 0 fully saturated rings. The Morgan fingerprint density at radius 2 is 2.19 bits per heavy atom. The van der Waals surface area contributed by atoms with E-state index in [1.807, 2.05) is 12.1 Å². The first-order valence-electron chi connectivity index (χ1n) is 5.73. The molecule has 1 aromatic heterocycles. The van der Waals surface area contributed by atoms with E-state index >= 15 is 0 Å². The average molecular weight is 237 g/mol. The zero-order chi connectivity index (χ0) is 11.5. The number of aryl methyl sites for hydroxylation is 1. The van der Waals surface area contributed by atoms with E-state index in [0.29, 0.717) is 6.54 Å². The van der Waals surface area contributed by atoms with Crippen molar-refractivity contribution < 1.29 is 0 Å². The maximum absolute atomic E-state index is 6.03. The summed E-state index contributed by atoms with van der Waals surface area (Å²) in [6.45, 7) is 3.70. The highest BCUT2D eigenvalue weighted by Gasteiger charge is 2.07. The minimum absolute atomic E-state index is 0.655. The van der Waals surface area contributed by atoms with Crippen LogP contribution in [-0.2, 0) is 13.0 Å². The molecule has 2 rings (SSSR count). The number of nitrogens with two attached hydrogens (primary N) is 1. The zero-order valence-corrected chi connectivity index (χ0v) is 10.3. The van der Waals surface area contributed by atoms with Crippen LogP contribution in [0.1, 0.15) is 18.9 Å². The van der Waals surface area contributed by atoms with E-state index in [1.54, 1.807) is 0 Å². The molecule has 0 spiro atoms. The van der Waals surface area contributed by atoms with Crippen molar-refractivity contribution in [1.82, 2.24) is 4.57 Å². The van der Waals surface area contributed by atoms with Crippen LogP contribution in [0.4, 0.5) is 0 Å². The molecule has 2 nitrogen and oxygen atoms in total. The molecule has 0 saturated heterocycles. The summed E-state index contributed by atoms with van der Waals surface area (Å²) >= 11 is 6.03. The third kappa shape index (κ3) is 2.08. The number of nitrogens with zero attached hydrogens (tertiary/aromatic N) is 1. The molecule has 0 aliphatic carbocycles. The fourth-order valence-electron chi connectivity index (χ4n) is 2.13. The number of halogens is 1. The predicted molar refractivity (Wildman–Crippen MR) is 70.0 cm³/mol. The highest BCUT2D eigenvalue weighted by atomic mass is 35.5. The number of hydrogen-bond acceptors (Lipinski definition) is 1. The summed E-state index contributed by atoms with van der Waals surface area (Å²) in [6.07, 6.45) is 4.47. The molecule has 0 unspecified atom stereocenters. The Hall–Kier alpha value is -0.990. The molecule has 0 atom stereocenters. The lowest BCUT2D eigenvalue weighted by Crippen LogP contribution is -2.08. The van der Waals surface area contributed by atoms with Crippen molar-refractivity contribution in [2.45, 2.75) is 26.3 Å². The van der Waals surface area contributed by atoms with Gasteiger partial charge in [0.2, 0.25) is 0 Å². The zero-order valence-electron chi connectivity index (χ0n) is 9.54. The highest BCUT2D eigenvalue weighted by Crippen LogP contribution is 2.25. The van der Waals surface area contributed by atoms with Gasteiger partial charge in [-0.15, -0.1) is 0 Å². The van der Waals surface area contributed by atoms with Crippen molar-refractivity contribution >= 4 is 22.5 Å². The van der Waals surface area contributed by atoms with Gasteiger partial charge in [0.25, 0.3) is 0 Å². The van der Waals surface area contributed by atoms with Gasteiger partial charge in [-0.25, -0.2) is 0 Å². The Morgan fingerprint density at radius 1 is 1.38 bits per heavy atom. The summed E-state index contributed by atoms with van der Waals surface area (Å²) in [5.41, 5.74) is 8.21. The van der Waals surface area contributed by atoms with Crippen LogP contribution in [0.2, 0.25) is 5.02 Å². The summed E-state index contributed by atoms with van der Waals surface area (Å²) in [7, 11) is 0. The fraction of sp³-hybridized carbons (Fsp3) is 0.385. The van der Waals surface area contributed by atoms with E-state index in [1.165, 1.54) is 16.5 Å². The monoisotopic (exact) mass is 236 g/mol. The molecule has 0 radical (unpaired) electrons. The third-order valence-electron chi connectivity index (χ3n) is 2.82. The van der Waals surface area contributed by atoms with Gasteiger partial charge < -0.3 is 10.3 Å². The molecular weight excluding hydrogens is 220 g/mol. The van der Waals surface area contributed by atoms with Crippen LogP contribution < -0.4 is 5.73 Å². The average Bonchev–Trinajstić information content (AvgIpc) is 2.58. The molecule has 2 N–H and O–H groups in total. The van der Waals surface area contributed by atoms with Crippen LogP contribution in [0.3, 0.4) is 0 Å². The molecule has 0 saturated carbocycles. The van der Waals surface area contributed by atoms with Crippen LogP contribution in [0.25, 0.3) is 10.9 Å². The van der Waals surface area contributed by atoms with Crippen LogP contribution >= 0.6 is 11.6 Å². The Balaban J connectivity index is 2.56. The molecule has 3 heteroatoms. The smallest absolute Gasteiger partial charge is 0.0498 e. The third-order valence-corrected chi connectivity index (χ3v) is 3.05. The lowest BCUT2D eigenvalue weighted by molar-refractivity contribution is 0.730. The molecule has 0 bridgehead atoms. The summed E-state index contributed by atoms with van der Waals surface area (Å²) < 4.78 is 2.20. The first kappa shape index (κ1) is 11.5. The van der Waals surface area contributed by atoms with Gasteiger partial charge in [-0.3, -0.25) is 0 Å². The molecule has 86 valence electrons. The second-order valence-corrected chi connectivity index (χ2v) is 4.48. The van der Waals surface area contributed by atoms with Crippen LogP contribution in [0.5, 0.6) is 0 Å². The Kier molecular flexibility index (Phi) is 3.52. The van der Waals surface area contributed by atoms with Gasteiger partial charge in [-0.05, 0) is 24.1 Å². The molecular formula is C13H17ClN2. The quantitative estimate of drug-likeness (QED) is 0.869. The number of rotatable bonds is 4. The van der Waals surface area contributed by atoms with E-state index in [2.05, 4.69) is 23.8 Å². The van der Waals surface area contributed by atoms with Gasteiger partial charge >= 0.3 is 0 Å². The van der Waals surface area contributed by atoms with Gasteiger partial charge in [0.1, 0.15) is 0 Å². The first-order valence-corrected chi connectivity index (χ1v) is 6.11. The summed E-state index contributed by atoms with van der Waals surface area (Å²) in [6, 6.07) is 6.08. The Morgan fingerprint density at radius 3 is 2.88 bits per heavy atom. The fourth-order valence-corrected chi connectivity index (χ4v) is 2.30. The van der Waals surface area contributed by atoms with Crippen molar-refractivity contribution in [3.05, 3.63) is 35.0 Å². The lowest BCUT2D eigenvalue weighted by Gasteiger charge is -2.02. The molecule has 0 aliphatic heterocycles. The molecule has 1 heterocycles. The van der Waals surface area contributed by atoms with E-state index in [0.717, 1.165) is 24.4 Å². The normalized spacial score (nSPS) is 11.2. The number of fused-ring (bicyclic) bond motifs is 1. The van der Waals surface area contributed by atoms with Gasteiger partial charge in [-0.1, -0.05) is 31.0 Å². The summed E-state index contributed by atoms with van der Waals surface area (Å²) in [5.74, 6) is 0. The molecule has 0 aliphatic rings. The van der Waals surface area contributed by atoms with Gasteiger partial charge in [0, 0.05) is 35.2 Å². The molecule has 1 aromatic carbocycles. The van der Waals surface area contributed by atoms with Gasteiger partial charge in [-0.2, -0.15) is 0 Å². The second kappa shape index (κ2) is 4.89. The minimum atomic E-state index is 0.655. The number of hydrogen-bond donors (Lipinski definition) is 1. The van der Waals surface area contributed by atoms with Crippen LogP contribution in [0.15, 0.2) is 24.4 Å². The predicted octanol–water partition coefficient (Wildman–Crippen LogP) is 3.21. The lowest BCUT2D eigenvalue weighted by atomic mass is 10.1. The number of aromatic nitrogens is 1. The van der Waals surface area contributed by atoms with Crippen molar-refractivity contribution in [3.63, 3.8) is 0 Å².